The van der Waals surface area contributed by atoms with Crippen LogP contribution in [0.25, 0.3) is 0 Å². The molecule has 0 spiro atoms. The number of anilines is 1. The van der Waals surface area contributed by atoms with Gasteiger partial charge in [-0.1, -0.05) is 0 Å². The quantitative estimate of drug-likeness (QED) is 0.845. The van der Waals surface area contributed by atoms with E-state index in [0.29, 0.717) is 28.8 Å². The highest BCUT2D eigenvalue weighted by atomic mass is 16.5. The zero-order valence-electron chi connectivity index (χ0n) is 11.0. The molecule has 1 aromatic heterocycles. The maximum Gasteiger partial charge on any atom is 0.328 e. The SMILES string of the molecule is COc1cc(OC)nc(Oc2ccc(C#N)cc2N)n1. The molecular weight excluding hydrogens is 260 g/mol. The van der Waals surface area contributed by atoms with Crippen molar-refractivity contribution < 1.29 is 14.2 Å². The van der Waals surface area contributed by atoms with Gasteiger partial charge >= 0.3 is 6.01 Å². The van der Waals surface area contributed by atoms with Gasteiger partial charge in [-0.25, -0.2) is 0 Å². The lowest BCUT2D eigenvalue weighted by atomic mass is 10.2. The number of methoxy groups -OCH3 is 2. The van der Waals surface area contributed by atoms with Gasteiger partial charge in [0, 0.05) is 0 Å². The molecule has 0 aliphatic heterocycles. The van der Waals surface area contributed by atoms with E-state index in [0.717, 1.165) is 0 Å². The lowest BCUT2D eigenvalue weighted by Gasteiger charge is -2.09. The van der Waals surface area contributed by atoms with Gasteiger partial charge in [0.15, 0.2) is 5.75 Å². The number of nitrogen functional groups attached to an aromatic ring is 1. The van der Waals surface area contributed by atoms with Crippen LogP contribution in [0.4, 0.5) is 5.69 Å². The number of rotatable bonds is 4. The number of benzene rings is 1. The Labute approximate surface area is 115 Å². The van der Waals surface area contributed by atoms with Crippen LogP contribution < -0.4 is 19.9 Å². The zero-order chi connectivity index (χ0) is 14.5. The van der Waals surface area contributed by atoms with Crippen molar-refractivity contribution in [2.24, 2.45) is 0 Å². The number of aromatic nitrogens is 2. The Hall–Kier alpha value is -3.01. The Morgan fingerprint density at radius 1 is 1.10 bits per heavy atom. The second-order valence-electron chi connectivity index (χ2n) is 3.70. The molecule has 0 aliphatic rings. The third-order valence-electron chi connectivity index (χ3n) is 2.42. The van der Waals surface area contributed by atoms with Gasteiger partial charge < -0.3 is 19.9 Å². The van der Waals surface area contributed by atoms with Gasteiger partial charge in [0.05, 0.1) is 37.6 Å². The Bertz CT molecular complexity index is 645. The van der Waals surface area contributed by atoms with Gasteiger partial charge in [-0.3, -0.25) is 0 Å². The topological polar surface area (TPSA) is 103 Å². The van der Waals surface area contributed by atoms with Crippen LogP contribution in [0.15, 0.2) is 24.3 Å². The first-order valence-corrected chi connectivity index (χ1v) is 5.61. The molecule has 0 unspecified atom stereocenters. The van der Waals surface area contributed by atoms with E-state index in [1.807, 2.05) is 6.07 Å². The molecule has 0 radical (unpaired) electrons. The highest BCUT2D eigenvalue weighted by Crippen LogP contribution is 2.28. The van der Waals surface area contributed by atoms with E-state index in [2.05, 4.69) is 9.97 Å². The summed E-state index contributed by atoms with van der Waals surface area (Å²) in [5, 5.41) is 8.78. The van der Waals surface area contributed by atoms with Crippen LogP contribution in [0.5, 0.6) is 23.5 Å². The van der Waals surface area contributed by atoms with Crippen LogP contribution in [0.1, 0.15) is 5.56 Å². The molecule has 2 rings (SSSR count). The molecule has 20 heavy (non-hydrogen) atoms. The van der Waals surface area contributed by atoms with Crippen molar-refractivity contribution in [3.8, 4) is 29.6 Å². The fraction of sp³-hybridized carbons (Fsp3) is 0.154. The Morgan fingerprint density at radius 3 is 2.25 bits per heavy atom. The summed E-state index contributed by atoms with van der Waals surface area (Å²) in [6.45, 7) is 0. The predicted octanol–water partition coefficient (Wildman–Crippen LogP) is 1.74. The van der Waals surface area contributed by atoms with Gasteiger partial charge in [-0.05, 0) is 18.2 Å². The summed E-state index contributed by atoms with van der Waals surface area (Å²) in [5.74, 6) is 0.956. The third kappa shape index (κ3) is 2.87. The van der Waals surface area contributed by atoms with Gasteiger partial charge in [0.2, 0.25) is 11.8 Å². The minimum absolute atomic E-state index is 0.0395. The smallest absolute Gasteiger partial charge is 0.328 e. The first-order chi connectivity index (χ1) is 9.66. The number of hydrogen-bond donors (Lipinski definition) is 1. The molecule has 0 fully saturated rings. The highest BCUT2D eigenvalue weighted by Gasteiger charge is 2.10. The van der Waals surface area contributed by atoms with Crippen molar-refractivity contribution in [2.75, 3.05) is 20.0 Å². The highest BCUT2D eigenvalue weighted by molar-refractivity contribution is 5.57. The monoisotopic (exact) mass is 272 g/mol. The molecule has 0 aliphatic carbocycles. The Morgan fingerprint density at radius 2 is 1.75 bits per heavy atom. The van der Waals surface area contributed by atoms with Gasteiger partial charge in [-0.2, -0.15) is 15.2 Å². The molecular formula is C13H12N4O3. The van der Waals surface area contributed by atoms with Crippen molar-refractivity contribution >= 4 is 5.69 Å². The summed E-state index contributed by atoms with van der Waals surface area (Å²) in [6.07, 6.45) is 0. The largest absolute Gasteiger partial charge is 0.481 e. The zero-order valence-corrected chi connectivity index (χ0v) is 11.0. The first kappa shape index (κ1) is 13.4. The van der Waals surface area contributed by atoms with Crippen molar-refractivity contribution in [2.45, 2.75) is 0 Å². The van der Waals surface area contributed by atoms with E-state index < -0.39 is 0 Å². The standard InChI is InChI=1S/C13H12N4O3/c1-18-11-6-12(19-2)17-13(16-11)20-10-4-3-8(7-14)5-9(10)15/h3-6H,15H2,1-2H3. The molecule has 0 amide bonds. The number of nitrogens with two attached hydrogens (primary N) is 1. The number of ether oxygens (including phenoxy) is 3. The number of nitrogens with zero attached hydrogens (tertiary/aromatic N) is 3. The average Bonchev–Trinajstić information content (AvgIpc) is 2.48. The van der Waals surface area contributed by atoms with Crippen molar-refractivity contribution in [3.63, 3.8) is 0 Å². The molecule has 2 N–H and O–H groups in total. The van der Waals surface area contributed by atoms with Crippen LogP contribution in [0.2, 0.25) is 0 Å². The molecule has 0 atom stereocenters. The number of nitriles is 1. The lowest BCUT2D eigenvalue weighted by molar-refractivity contribution is 0.348. The molecule has 0 saturated heterocycles. The normalized spacial score (nSPS) is 9.65. The van der Waals surface area contributed by atoms with Gasteiger partial charge in [0.25, 0.3) is 0 Å². The third-order valence-corrected chi connectivity index (χ3v) is 2.42. The fourth-order valence-electron chi connectivity index (χ4n) is 1.45. The van der Waals surface area contributed by atoms with Crippen molar-refractivity contribution in [3.05, 3.63) is 29.8 Å². The molecule has 0 bridgehead atoms. The van der Waals surface area contributed by atoms with Gasteiger partial charge in [-0.15, -0.1) is 0 Å². The van der Waals surface area contributed by atoms with Crippen molar-refractivity contribution in [1.29, 1.82) is 5.26 Å². The fourth-order valence-corrected chi connectivity index (χ4v) is 1.45. The predicted molar refractivity (Wildman–Crippen MR) is 70.8 cm³/mol. The van der Waals surface area contributed by atoms with Crippen LogP contribution >= 0.6 is 0 Å². The van der Waals surface area contributed by atoms with Crippen molar-refractivity contribution in [1.82, 2.24) is 9.97 Å². The summed E-state index contributed by atoms with van der Waals surface area (Å²) in [4.78, 5) is 8.05. The second kappa shape index (κ2) is 5.75. The Balaban J connectivity index is 2.32. The van der Waals surface area contributed by atoms with Crippen LogP contribution in [-0.4, -0.2) is 24.2 Å². The van der Waals surface area contributed by atoms with E-state index in [9.17, 15) is 0 Å². The maximum atomic E-state index is 8.78. The minimum Gasteiger partial charge on any atom is -0.481 e. The molecule has 1 heterocycles. The van der Waals surface area contributed by atoms with E-state index in [4.69, 9.17) is 25.2 Å². The van der Waals surface area contributed by atoms with E-state index in [-0.39, 0.29) is 6.01 Å². The van der Waals surface area contributed by atoms with E-state index in [1.165, 1.54) is 26.4 Å². The lowest BCUT2D eigenvalue weighted by Crippen LogP contribution is -1.99. The molecule has 2 aromatic rings. The summed E-state index contributed by atoms with van der Waals surface area (Å²) in [7, 11) is 2.95. The summed E-state index contributed by atoms with van der Waals surface area (Å²) in [5.41, 5.74) is 6.55. The van der Waals surface area contributed by atoms with Gasteiger partial charge in [0.1, 0.15) is 0 Å². The van der Waals surface area contributed by atoms with Crippen LogP contribution in [0.3, 0.4) is 0 Å². The molecule has 7 nitrogen and oxygen atoms in total. The second-order valence-corrected chi connectivity index (χ2v) is 3.70. The van der Waals surface area contributed by atoms with E-state index >= 15 is 0 Å². The summed E-state index contributed by atoms with van der Waals surface area (Å²) >= 11 is 0. The molecule has 102 valence electrons. The van der Waals surface area contributed by atoms with Crippen LogP contribution in [-0.2, 0) is 0 Å². The maximum absolute atomic E-state index is 8.78. The summed E-state index contributed by atoms with van der Waals surface area (Å²) < 4.78 is 15.5. The Kier molecular flexibility index (Phi) is 3.86. The summed E-state index contributed by atoms with van der Waals surface area (Å²) in [6, 6.07) is 8.22. The average molecular weight is 272 g/mol. The molecule has 0 saturated carbocycles. The van der Waals surface area contributed by atoms with E-state index in [1.54, 1.807) is 12.1 Å². The first-order valence-electron chi connectivity index (χ1n) is 5.61. The molecule has 1 aromatic carbocycles. The number of hydrogen-bond acceptors (Lipinski definition) is 7. The molecule has 7 heteroatoms. The minimum atomic E-state index is 0.0395. The van der Waals surface area contributed by atoms with Crippen LogP contribution in [0, 0.1) is 11.3 Å².